The summed E-state index contributed by atoms with van der Waals surface area (Å²) in [6.07, 6.45) is 2.22. The number of hydrogen-bond donors (Lipinski definition) is 1. The molecule has 1 fully saturated rings. The molecule has 7 nitrogen and oxygen atoms in total. The lowest BCUT2D eigenvalue weighted by Gasteiger charge is -2.07. The van der Waals surface area contributed by atoms with Crippen LogP contribution in [0.1, 0.15) is 34.4 Å². The Balaban J connectivity index is 1.29. The lowest BCUT2D eigenvalue weighted by atomic mass is 10.3. The van der Waals surface area contributed by atoms with Gasteiger partial charge in [0.05, 0.1) is 0 Å². The second-order valence-electron chi connectivity index (χ2n) is 6.33. The number of nitrogens with zero attached hydrogens (tertiary/aromatic N) is 4. The van der Waals surface area contributed by atoms with E-state index in [1.165, 1.54) is 11.3 Å². The van der Waals surface area contributed by atoms with E-state index in [1.807, 2.05) is 42.5 Å². The second-order valence-corrected chi connectivity index (χ2v) is 7.28. The second kappa shape index (κ2) is 6.48. The van der Waals surface area contributed by atoms with Gasteiger partial charge in [0.15, 0.2) is 5.82 Å². The number of rotatable bonds is 5. The number of aromatic nitrogens is 4. The van der Waals surface area contributed by atoms with E-state index in [-0.39, 0.29) is 5.91 Å². The van der Waals surface area contributed by atoms with Crippen LogP contribution < -0.4 is 10.1 Å². The van der Waals surface area contributed by atoms with Crippen LogP contribution in [0.3, 0.4) is 0 Å². The molecule has 0 spiro atoms. The highest BCUT2D eigenvalue weighted by Crippen LogP contribution is 2.39. The number of ether oxygens (including phenoxy) is 1. The summed E-state index contributed by atoms with van der Waals surface area (Å²) in [5.41, 5.74) is 0.675. The summed E-state index contributed by atoms with van der Waals surface area (Å²) in [4.78, 5) is 13.1. The number of carbonyl (C=O) groups excluding carboxylic acids is 1. The monoisotopic (exact) mass is 377 g/mol. The molecule has 0 radical (unpaired) electrons. The minimum Gasteiger partial charge on any atom is -0.457 e. The molecular formula is C19H15N5O2S. The molecule has 4 aromatic rings. The number of anilines is 1. The molecule has 0 saturated heterocycles. The number of amides is 1. The molecule has 27 heavy (non-hydrogen) atoms. The third kappa shape index (κ3) is 3.26. The third-order valence-electron chi connectivity index (χ3n) is 4.24. The quantitative estimate of drug-likeness (QED) is 0.566. The highest BCUT2D eigenvalue weighted by atomic mass is 32.1. The number of carbonyl (C=O) groups is 1. The predicted octanol–water partition coefficient (Wildman–Crippen LogP) is 4.11. The van der Waals surface area contributed by atoms with Crippen LogP contribution >= 0.6 is 11.3 Å². The average molecular weight is 377 g/mol. The Morgan fingerprint density at radius 3 is 2.52 bits per heavy atom. The summed E-state index contributed by atoms with van der Waals surface area (Å²) in [7, 11) is 0. The number of nitrogens with one attached hydrogen (secondary N) is 1. The van der Waals surface area contributed by atoms with Gasteiger partial charge in [-0.3, -0.25) is 4.79 Å². The summed E-state index contributed by atoms with van der Waals surface area (Å²) in [6, 6.07) is 16.8. The zero-order chi connectivity index (χ0) is 18.2. The zero-order valence-corrected chi connectivity index (χ0v) is 15.0. The fourth-order valence-corrected chi connectivity index (χ4v) is 3.48. The maximum absolute atomic E-state index is 12.5. The van der Waals surface area contributed by atoms with E-state index in [9.17, 15) is 4.79 Å². The van der Waals surface area contributed by atoms with Crippen molar-refractivity contribution < 1.29 is 9.53 Å². The molecule has 5 rings (SSSR count). The van der Waals surface area contributed by atoms with Gasteiger partial charge >= 0.3 is 0 Å². The van der Waals surface area contributed by atoms with Crippen molar-refractivity contribution in [2.24, 2.45) is 0 Å². The van der Waals surface area contributed by atoms with Crippen molar-refractivity contribution in [3.63, 3.8) is 0 Å². The number of fused-ring (bicyclic) bond motifs is 1. The van der Waals surface area contributed by atoms with Gasteiger partial charge in [-0.25, -0.2) is 0 Å². The van der Waals surface area contributed by atoms with Crippen molar-refractivity contribution in [3.8, 4) is 11.5 Å². The maximum Gasteiger partial charge on any atom is 0.286 e. The molecular weight excluding hydrogens is 362 g/mol. The first kappa shape index (κ1) is 16.0. The summed E-state index contributed by atoms with van der Waals surface area (Å²) in [6.45, 7) is 0. The molecule has 0 aliphatic heterocycles. The lowest BCUT2D eigenvalue weighted by Crippen LogP contribution is -2.12. The molecule has 2 aromatic carbocycles. The first-order chi connectivity index (χ1) is 13.3. The van der Waals surface area contributed by atoms with Crippen LogP contribution in [0.4, 0.5) is 5.69 Å². The number of benzene rings is 2. The van der Waals surface area contributed by atoms with Gasteiger partial charge in [0.2, 0.25) is 9.97 Å². The van der Waals surface area contributed by atoms with Gasteiger partial charge in [0, 0.05) is 11.6 Å². The van der Waals surface area contributed by atoms with Crippen molar-refractivity contribution in [2.75, 3.05) is 5.32 Å². The molecule has 1 aliphatic rings. The molecule has 8 heteroatoms. The van der Waals surface area contributed by atoms with E-state index in [0.717, 1.165) is 24.4 Å². The topological polar surface area (TPSA) is 81.4 Å². The predicted molar refractivity (Wildman–Crippen MR) is 102 cm³/mol. The Kier molecular flexibility index (Phi) is 3.83. The molecule has 0 atom stereocenters. The standard InChI is InChI=1S/C19H15N5O2S/c25-17(18-23-24-16(12-6-7-12)21-22-19(24)27-18)20-13-8-10-15(11-9-13)26-14-4-2-1-3-5-14/h1-5,8-12H,6-7H2,(H,20,25). The Hall–Kier alpha value is -3.26. The fraction of sp³-hybridized carbons (Fsp3) is 0.158. The van der Waals surface area contributed by atoms with Gasteiger partial charge in [0.1, 0.15) is 11.5 Å². The number of para-hydroxylation sites is 1. The molecule has 0 unspecified atom stereocenters. The van der Waals surface area contributed by atoms with Gasteiger partial charge in [-0.1, -0.05) is 29.5 Å². The van der Waals surface area contributed by atoms with Gasteiger partial charge in [-0.15, -0.1) is 15.3 Å². The average Bonchev–Trinajstić information content (AvgIpc) is 3.31. The maximum atomic E-state index is 12.5. The Labute approximate surface area is 158 Å². The molecule has 134 valence electrons. The Morgan fingerprint density at radius 2 is 1.78 bits per heavy atom. The van der Waals surface area contributed by atoms with E-state index in [0.29, 0.717) is 27.3 Å². The van der Waals surface area contributed by atoms with Crippen molar-refractivity contribution >= 4 is 27.9 Å². The van der Waals surface area contributed by atoms with Crippen LogP contribution in [-0.4, -0.2) is 25.7 Å². The number of hydrogen-bond acceptors (Lipinski definition) is 6. The van der Waals surface area contributed by atoms with Crippen LogP contribution in [0.5, 0.6) is 11.5 Å². The van der Waals surface area contributed by atoms with Crippen molar-refractivity contribution in [2.45, 2.75) is 18.8 Å². The smallest absolute Gasteiger partial charge is 0.286 e. The molecule has 1 amide bonds. The molecule has 1 N–H and O–H groups in total. The van der Waals surface area contributed by atoms with Crippen LogP contribution in [0.25, 0.3) is 4.96 Å². The minimum atomic E-state index is -0.260. The third-order valence-corrected chi connectivity index (χ3v) is 5.14. The van der Waals surface area contributed by atoms with Gasteiger partial charge < -0.3 is 10.1 Å². The molecule has 1 saturated carbocycles. The van der Waals surface area contributed by atoms with Crippen LogP contribution in [0.2, 0.25) is 0 Å². The van der Waals surface area contributed by atoms with E-state index >= 15 is 0 Å². The molecule has 1 aliphatic carbocycles. The molecule has 2 aromatic heterocycles. The molecule has 0 bridgehead atoms. The van der Waals surface area contributed by atoms with Crippen LogP contribution in [0.15, 0.2) is 54.6 Å². The van der Waals surface area contributed by atoms with Crippen molar-refractivity contribution in [1.82, 2.24) is 19.8 Å². The van der Waals surface area contributed by atoms with Crippen LogP contribution in [-0.2, 0) is 0 Å². The SMILES string of the molecule is O=C(Nc1ccc(Oc2ccccc2)cc1)c1nn2c(C3CC3)nnc2s1. The van der Waals surface area contributed by atoms with E-state index in [4.69, 9.17) is 4.74 Å². The van der Waals surface area contributed by atoms with Crippen molar-refractivity contribution in [1.29, 1.82) is 0 Å². The fourth-order valence-electron chi connectivity index (χ4n) is 2.74. The highest BCUT2D eigenvalue weighted by Gasteiger charge is 2.30. The van der Waals surface area contributed by atoms with E-state index < -0.39 is 0 Å². The lowest BCUT2D eigenvalue weighted by molar-refractivity contribution is 0.102. The first-order valence-electron chi connectivity index (χ1n) is 8.63. The zero-order valence-electron chi connectivity index (χ0n) is 14.2. The summed E-state index contributed by atoms with van der Waals surface area (Å²) in [5, 5.41) is 15.9. The van der Waals surface area contributed by atoms with Gasteiger partial charge in [-0.05, 0) is 49.2 Å². The van der Waals surface area contributed by atoms with Gasteiger partial charge in [0.25, 0.3) is 5.91 Å². The summed E-state index contributed by atoms with van der Waals surface area (Å²) in [5.74, 6) is 2.48. The highest BCUT2D eigenvalue weighted by molar-refractivity contribution is 7.18. The summed E-state index contributed by atoms with van der Waals surface area (Å²) >= 11 is 1.24. The van der Waals surface area contributed by atoms with Crippen molar-refractivity contribution in [3.05, 3.63) is 65.4 Å². The summed E-state index contributed by atoms with van der Waals surface area (Å²) < 4.78 is 7.44. The van der Waals surface area contributed by atoms with E-state index in [1.54, 1.807) is 16.6 Å². The van der Waals surface area contributed by atoms with Crippen LogP contribution in [0, 0.1) is 0 Å². The Bertz CT molecular complexity index is 1100. The first-order valence-corrected chi connectivity index (χ1v) is 9.44. The van der Waals surface area contributed by atoms with Gasteiger partial charge in [-0.2, -0.15) is 4.52 Å². The minimum absolute atomic E-state index is 0.260. The largest absolute Gasteiger partial charge is 0.457 e. The normalized spacial score (nSPS) is 13.6. The molecule has 2 heterocycles. The Morgan fingerprint density at radius 1 is 1.04 bits per heavy atom. The van der Waals surface area contributed by atoms with E-state index in [2.05, 4.69) is 20.6 Å².